The van der Waals surface area contributed by atoms with Gasteiger partial charge in [0.15, 0.2) is 0 Å². The average Bonchev–Trinajstić information content (AvgIpc) is 1.57. The van der Waals surface area contributed by atoms with Crippen molar-refractivity contribution in [3.8, 4) is 0 Å². The van der Waals surface area contributed by atoms with Gasteiger partial charge in [0.2, 0.25) is 0 Å². The van der Waals surface area contributed by atoms with Crippen molar-refractivity contribution in [1.82, 2.24) is 0 Å². The van der Waals surface area contributed by atoms with Crippen molar-refractivity contribution in [2.24, 2.45) is 0 Å². The molecule has 0 aromatic heterocycles. The van der Waals surface area contributed by atoms with E-state index in [1.165, 1.54) is 0 Å². The normalized spacial score (nSPS) is 17.0. The number of halogens is 4. The standard InChI is InChI=1S/C2H8F4O2P2/c3-9(4,7)1-2-10(5,6)8/h7-10H,1-2H2. The molecule has 0 spiro atoms. The fourth-order valence-electron chi connectivity index (χ4n) is 0.301. The van der Waals surface area contributed by atoms with Crippen LogP contribution in [0.15, 0.2) is 0 Å². The molecule has 0 heterocycles. The molecular weight excluding hydrogens is 194 g/mol. The second kappa shape index (κ2) is 3.26. The maximum absolute atomic E-state index is 11.5. The summed E-state index contributed by atoms with van der Waals surface area (Å²) in [6.45, 7) is 0. The molecule has 10 heavy (non-hydrogen) atoms. The van der Waals surface area contributed by atoms with E-state index in [9.17, 15) is 16.8 Å². The van der Waals surface area contributed by atoms with E-state index >= 15 is 0 Å². The maximum atomic E-state index is 11.5. The van der Waals surface area contributed by atoms with E-state index in [2.05, 4.69) is 0 Å². The third-order valence-corrected chi connectivity index (χ3v) is 2.93. The molecule has 0 atom stereocenters. The molecule has 0 amide bonds. The van der Waals surface area contributed by atoms with Crippen molar-refractivity contribution >= 4 is 16.2 Å². The van der Waals surface area contributed by atoms with E-state index in [0.717, 1.165) is 0 Å². The summed E-state index contributed by atoms with van der Waals surface area (Å²) in [6.07, 6.45) is -2.49. The zero-order valence-electron chi connectivity index (χ0n) is 4.82. The molecule has 0 unspecified atom stereocenters. The minimum atomic E-state index is -5.37. The van der Waals surface area contributed by atoms with Crippen molar-refractivity contribution in [1.29, 1.82) is 0 Å². The van der Waals surface area contributed by atoms with Crippen LogP contribution in [0.4, 0.5) is 16.8 Å². The molecule has 0 radical (unpaired) electrons. The Hall–Kier alpha value is 0.500. The molecule has 0 aromatic carbocycles. The van der Waals surface area contributed by atoms with Gasteiger partial charge in [-0.15, -0.1) is 0 Å². The van der Waals surface area contributed by atoms with Crippen LogP contribution in [0.5, 0.6) is 0 Å². The third-order valence-electron chi connectivity index (χ3n) is 0.727. The summed E-state index contributed by atoms with van der Waals surface area (Å²) >= 11 is 0. The third kappa shape index (κ3) is 8.50. The molecule has 0 bridgehead atoms. The number of hydrogen-bond acceptors (Lipinski definition) is 2. The number of hydrogen-bond donors (Lipinski definition) is 2. The molecule has 8 heteroatoms. The Kier molecular flexibility index (Phi) is 3.43. The summed E-state index contributed by atoms with van der Waals surface area (Å²) in [5, 5.41) is 0. The van der Waals surface area contributed by atoms with Gasteiger partial charge in [0, 0.05) is 0 Å². The predicted octanol–water partition coefficient (Wildman–Crippen LogP) is 1.84. The molecule has 0 aromatic rings. The van der Waals surface area contributed by atoms with Crippen LogP contribution in [-0.2, 0) is 0 Å². The van der Waals surface area contributed by atoms with Crippen molar-refractivity contribution in [3.05, 3.63) is 0 Å². The van der Waals surface area contributed by atoms with Gasteiger partial charge >= 0.3 is 55.1 Å². The van der Waals surface area contributed by atoms with Crippen LogP contribution >= 0.6 is 16.2 Å². The molecular formula is C2H8F4O2P2. The molecule has 2 N–H and O–H groups in total. The van der Waals surface area contributed by atoms with Crippen molar-refractivity contribution in [3.63, 3.8) is 0 Å². The Bertz CT molecular complexity index is 92.8. The quantitative estimate of drug-likeness (QED) is 0.541. The van der Waals surface area contributed by atoms with Gasteiger partial charge in [-0.2, -0.15) is 0 Å². The topological polar surface area (TPSA) is 40.5 Å². The summed E-state index contributed by atoms with van der Waals surface area (Å²) in [6, 6.07) is 0. The van der Waals surface area contributed by atoms with Crippen molar-refractivity contribution < 1.29 is 26.6 Å². The second-order valence-electron chi connectivity index (χ2n) is 1.83. The first kappa shape index (κ1) is 10.5. The molecule has 0 saturated carbocycles. The van der Waals surface area contributed by atoms with Crippen molar-refractivity contribution in [2.75, 3.05) is 12.3 Å². The van der Waals surface area contributed by atoms with E-state index in [0.29, 0.717) is 0 Å². The van der Waals surface area contributed by atoms with Gasteiger partial charge in [0.1, 0.15) is 0 Å². The van der Waals surface area contributed by atoms with Crippen LogP contribution in [0.25, 0.3) is 0 Å². The Morgan fingerprint density at radius 1 is 0.800 bits per heavy atom. The number of rotatable bonds is 3. The van der Waals surface area contributed by atoms with Crippen LogP contribution in [0.3, 0.4) is 0 Å². The van der Waals surface area contributed by atoms with E-state index in [4.69, 9.17) is 9.79 Å². The van der Waals surface area contributed by atoms with E-state index < -0.39 is 28.5 Å². The molecule has 66 valence electrons. The van der Waals surface area contributed by atoms with Gasteiger partial charge in [-0.1, -0.05) is 0 Å². The fraction of sp³-hybridized carbons (Fsp3) is 1.00. The Labute approximate surface area is 56.2 Å². The van der Waals surface area contributed by atoms with Gasteiger partial charge in [-0.3, -0.25) is 0 Å². The summed E-state index contributed by atoms with van der Waals surface area (Å²) < 4.78 is 46.1. The summed E-state index contributed by atoms with van der Waals surface area (Å²) in [5.41, 5.74) is 0. The molecule has 0 aliphatic rings. The second-order valence-corrected chi connectivity index (χ2v) is 5.50. The first-order valence-electron chi connectivity index (χ1n) is 2.41. The van der Waals surface area contributed by atoms with Gasteiger partial charge in [0.25, 0.3) is 0 Å². The SMILES string of the molecule is O[PH](F)(F)CC[PH](O)(F)F. The minimum absolute atomic E-state index is 1.25. The summed E-state index contributed by atoms with van der Waals surface area (Å²) in [7, 11) is -10.7. The van der Waals surface area contributed by atoms with Gasteiger partial charge in [-0.05, 0) is 0 Å². The van der Waals surface area contributed by atoms with E-state index in [-0.39, 0.29) is 0 Å². The van der Waals surface area contributed by atoms with Crippen molar-refractivity contribution in [2.45, 2.75) is 0 Å². The van der Waals surface area contributed by atoms with Gasteiger partial charge < -0.3 is 0 Å². The summed E-state index contributed by atoms with van der Waals surface area (Å²) in [5.74, 6) is 0. The summed E-state index contributed by atoms with van der Waals surface area (Å²) in [4.78, 5) is 15.5. The van der Waals surface area contributed by atoms with Crippen LogP contribution in [0.1, 0.15) is 0 Å². The molecule has 0 aliphatic heterocycles. The Balaban J connectivity index is 3.56. The molecule has 0 saturated heterocycles. The van der Waals surface area contributed by atoms with Gasteiger partial charge in [0.05, 0.1) is 0 Å². The van der Waals surface area contributed by atoms with E-state index in [1.807, 2.05) is 0 Å². The zero-order chi connectivity index (χ0) is 8.41. The van der Waals surface area contributed by atoms with Crippen LogP contribution in [0.2, 0.25) is 0 Å². The van der Waals surface area contributed by atoms with Crippen LogP contribution < -0.4 is 0 Å². The average molecular weight is 202 g/mol. The molecule has 0 fully saturated rings. The predicted molar refractivity (Wildman–Crippen MR) is 35.2 cm³/mol. The van der Waals surface area contributed by atoms with Crippen LogP contribution in [0, 0.1) is 0 Å². The monoisotopic (exact) mass is 202 g/mol. The first-order valence-corrected chi connectivity index (χ1v) is 6.23. The molecule has 0 rings (SSSR count). The Morgan fingerprint density at radius 2 is 1.00 bits per heavy atom. The fourth-order valence-corrected chi connectivity index (χ4v) is 2.71. The first-order chi connectivity index (χ1) is 4.21. The Morgan fingerprint density at radius 3 is 1.10 bits per heavy atom. The zero-order valence-corrected chi connectivity index (χ0v) is 6.82. The van der Waals surface area contributed by atoms with Gasteiger partial charge in [-0.25, -0.2) is 0 Å². The molecule has 0 aliphatic carbocycles. The van der Waals surface area contributed by atoms with Crippen LogP contribution in [-0.4, -0.2) is 22.1 Å². The molecule has 2 nitrogen and oxygen atoms in total. The van der Waals surface area contributed by atoms with E-state index in [1.54, 1.807) is 0 Å².